The molecule has 1 N–H and O–H groups in total. The Labute approximate surface area is 100 Å². The maximum atomic E-state index is 5.95. The Morgan fingerprint density at radius 1 is 1.07 bits per heavy atom. The summed E-state index contributed by atoms with van der Waals surface area (Å²) in [5.74, 6) is 0. The first-order chi connectivity index (χ1) is 6.27. The van der Waals surface area contributed by atoms with Crippen molar-refractivity contribution in [3.8, 4) is 0 Å². The summed E-state index contributed by atoms with van der Waals surface area (Å²) in [6.07, 6.45) is 2.27. The van der Waals surface area contributed by atoms with Crippen molar-refractivity contribution in [1.29, 1.82) is 0 Å². The average Bonchev–Trinajstić information content (AvgIpc) is 2.31. The molecular formula is C10H12Cl3N. The van der Waals surface area contributed by atoms with Gasteiger partial charge in [-0.25, -0.2) is 0 Å². The van der Waals surface area contributed by atoms with Crippen LogP contribution in [0.15, 0.2) is 12.1 Å². The van der Waals surface area contributed by atoms with Gasteiger partial charge in [0.05, 0.1) is 10.0 Å². The van der Waals surface area contributed by atoms with Crippen molar-refractivity contribution in [2.75, 3.05) is 6.54 Å². The van der Waals surface area contributed by atoms with E-state index < -0.39 is 0 Å². The van der Waals surface area contributed by atoms with Crippen LogP contribution in [0.2, 0.25) is 10.0 Å². The van der Waals surface area contributed by atoms with Crippen molar-refractivity contribution in [2.45, 2.75) is 19.4 Å². The summed E-state index contributed by atoms with van der Waals surface area (Å²) in [6.45, 7) is 1.98. The van der Waals surface area contributed by atoms with Crippen LogP contribution in [0.1, 0.15) is 17.5 Å². The third-order valence-electron chi connectivity index (χ3n) is 2.36. The second-order valence-electron chi connectivity index (χ2n) is 3.32. The molecule has 0 amide bonds. The zero-order valence-corrected chi connectivity index (χ0v) is 9.98. The number of nitrogens with one attached hydrogen (secondary N) is 1. The Morgan fingerprint density at radius 2 is 1.71 bits per heavy atom. The fourth-order valence-electron chi connectivity index (χ4n) is 1.65. The molecule has 0 radical (unpaired) electrons. The van der Waals surface area contributed by atoms with Gasteiger partial charge >= 0.3 is 0 Å². The molecule has 78 valence electrons. The van der Waals surface area contributed by atoms with Gasteiger partial charge in [-0.05, 0) is 42.6 Å². The zero-order valence-electron chi connectivity index (χ0n) is 7.65. The van der Waals surface area contributed by atoms with Crippen LogP contribution in [0.3, 0.4) is 0 Å². The summed E-state index contributed by atoms with van der Waals surface area (Å²) < 4.78 is 0. The third kappa shape index (κ3) is 2.54. The van der Waals surface area contributed by atoms with E-state index in [2.05, 4.69) is 5.32 Å². The molecule has 1 aliphatic rings. The van der Waals surface area contributed by atoms with Gasteiger partial charge in [0, 0.05) is 6.54 Å². The summed E-state index contributed by atoms with van der Waals surface area (Å²) in [5.41, 5.74) is 2.62. The van der Waals surface area contributed by atoms with Crippen LogP contribution in [0.5, 0.6) is 0 Å². The van der Waals surface area contributed by atoms with E-state index in [1.165, 1.54) is 17.5 Å². The predicted octanol–water partition coefficient (Wildman–Crippen LogP) is 3.45. The van der Waals surface area contributed by atoms with Crippen LogP contribution in [0, 0.1) is 0 Å². The van der Waals surface area contributed by atoms with Crippen molar-refractivity contribution in [3.63, 3.8) is 0 Å². The first-order valence-electron chi connectivity index (χ1n) is 4.45. The van der Waals surface area contributed by atoms with Crippen LogP contribution in [0.4, 0.5) is 0 Å². The molecule has 1 nitrogen and oxygen atoms in total. The van der Waals surface area contributed by atoms with Gasteiger partial charge in [-0.2, -0.15) is 0 Å². The topological polar surface area (TPSA) is 12.0 Å². The minimum absolute atomic E-state index is 0. The Hall–Kier alpha value is 0.0500. The molecular weight excluding hydrogens is 240 g/mol. The Morgan fingerprint density at radius 3 is 2.43 bits per heavy atom. The molecule has 0 atom stereocenters. The molecule has 0 fully saturated rings. The third-order valence-corrected chi connectivity index (χ3v) is 3.08. The van der Waals surface area contributed by atoms with Gasteiger partial charge < -0.3 is 5.32 Å². The quantitative estimate of drug-likeness (QED) is 0.746. The Kier molecular flexibility index (Phi) is 4.52. The van der Waals surface area contributed by atoms with Crippen LogP contribution in [0.25, 0.3) is 0 Å². The highest BCUT2D eigenvalue weighted by atomic mass is 35.5. The molecule has 1 heterocycles. The highest BCUT2D eigenvalue weighted by molar-refractivity contribution is 6.42. The highest BCUT2D eigenvalue weighted by Crippen LogP contribution is 2.27. The van der Waals surface area contributed by atoms with Gasteiger partial charge in [-0.3, -0.25) is 0 Å². The van der Waals surface area contributed by atoms with E-state index in [4.69, 9.17) is 23.2 Å². The van der Waals surface area contributed by atoms with Gasteiger partial charge in [0.15, 0.2) is 0 Å². The number of hydrogen-bond donors (Lipinski definition) is 1. The first kappa shape index (κ1) is 12.1. The van der Waals surface area contributed by atoms with Crippen molar-refractivity contribution < 1.29 is 0 Å². The molecule has 0 aliphatic carbocycles. The molecule has 0 aromatic heterocycles. The molecule has 0 bridgehead atoms. The minimum Gasteiger partial charge on any atom is -0.313 e. The maximum absolute atomic E-state index is 5.95. The molecule has 14 heavy (non-hydrogen) atoms. The van der Waals surface area contributed by atoms with E-state index in [9.17, 15) is 0 Å². The predicted molar refractivity (Wildman–Crippen MR) is 63.7 cm³/mol. The lowest BCUT2D eigenvalue weighted by atomic mass is 10.0. The lowest BCUT2D eigenvalue weighted by molar-refractivity contribution is 0.681. The fourth-order valence-corrected chi connectivity index (χ4v) is 2.03. The molecule has 0 saturated carbocycles. The molecule has 2 rings (SSSR count). The molecule has 1 aromatic rings. The van der Waals surface area contributed by atoms with Gasteiger partial charge in [0.25, 0.3) is 0 Å². The zero-order chi connectivity index (χ0) is 9.26. The summed E-state index contributed by atoms with van der Waals surface area (Å²) >= 11 is 11.9. The average molecular weight is 253 g/mol. The molecule has 1 aliphatic heterocycles. The maximum Gasteiger partial charge on any atom is 0.0595 e. The van der Waals surface area contributed by atoms with Crippen molar-refractivity contribution >= 4 is 35.6 Å². The first-order valence-corrected chi connectivity index (χ1v) is 5.20. The van der Waals surface area contributed by atoms with Crippen LogP contribution in [-0.4, -0.2) is 6.54 Å². The van der Waals surface area contributed by atoms with Crippen molar-refractivity contribution in [3.05, 3.63) is 33.3 Å². The second kappa shape index (κ2) is 5.22. The number of rotatable bonds is 0. The van der Waals surface area contributed by atoms with E-state index in [1.807, 2.05) is 12.1 Å². The van der Waals surface area contributed by atoms with E-state index in [0.29, 0.717) is 10.0 Å². The standard InChI is InChI=1S/C10H11Cl2N.ClH/c11-9-4-7-2-1-3-13-6-8(7)5-10(9)12;/h4-5,13H,1-3,6H2;1H. The van der Waals surface area contributed by atoms with Crippen LogP contribution >= 0.6 is 35.6 Å². The highest BCUT2D eigenvalue weighted by Gasteiger charge is 2.09. The second-order valence-corrected chi connectivity index (χ2v) is 4.13. The largest absolute Gasteiger partial charge is 0.313 e. The molecule has 0 saturated heterocycles. The van der Waals surface area contributed by atoms with Gasteiger partial charge in [0.2, 0.25) is 0 Å². The lowest BCUT2D eigenvalue weighted by Crippen LogP contribution is -2.11. The van der Waals surface area contributed by atoms with E-state index in [0.717, 1.165) is 19.5 Å². The number of fused-ring (bicyclic) bond motifs is 1. The number of hydrogen-bond acceptors (Lipinski definition) is 1. The molecule has 0 unspecified atom stereocenters. The summed E-state index contributed by atoms with van der Waals surface area (Å²) in [6, 6.07) is 3.96. The van der Waals surface area contributed by atoms with Gasteiger partial charge in [0.1, 0.15) is 0 Å². The SMILES string of the molecule is Cl.Clc1cc2c(cc1Cl)CNCCC2. The Bertz CT molecular complexity index is 294. The van der Waals surface area contributed by atoms with E-state index in [-0.39, 0.29) is 12.4 Å². The normalized spacial score (nSPS) is 15.3. The molecule has 1 aromatic carbocycles. The van der Waals surface area contributed by atoms with Crippen molar-refractivity contribution in [2.24, 2.45) is 0 Å². The number of benzene rings is 1. The Balaban J connectivity index is 0.000000980. The summed E-state index contributed by atoms with van der Waals surface area (Å²) in [7, 11) is 0. The number of halogens is 3. The monoisotopic (exact) mass is 251 g/mol. The van der Waals surface area contributed by atoms with Crippen LogP contribution in [-0.2, 0) is 13.0 Å². The molecule has 0 spiro atoms. The van der Waals surface area contributed by atoms with Crippen LogP contribution < -0.4 is 5.32 Å². The van der Waals surface area contributed by atoms with Gasteiger partial charge in [-0.1, -0.05) is 23.2 Å². The van der Waals surface area contributed by atoms with E-state index in [1.54, 1.807) is 0 Å². The molecule has 4 heteroatoms. The minimum atomic E-state index is 0. The van der Waals surface area contributed by atoms with Crippen molar-refractivity contribution in [1.82, 2.24) is 5.32 Å². The van der Waals surface area contributed by atoms with Gasteiger partial charge in [-0.15, -0.1) is 12.4 Å². The smallest absolute Gasteiger partial charge is 0.0595 e. The summed E-state index contributed by atoms with van der Waals surface area (Å²) in [5, 5.41) is 4.67. The van der Waals surface area contributed by atoms with E-state index >= 15 is 0 Å². The summed E-state index contributed by atoms with van der Waals surface area (Å²) in [4.78, 5) is 0. The number of aryl methyl sites for hydroxylation is 1. The fraction of sp³-hybridized carbons (Fsp3) is 0.400. The lowest BCUT2D eigenvalue weighted by Gasteiger charge is -2.06.